The van der Waals surface area contributed by atoms with Gasteiger partial charge in [0.15, 0.2) is 0 Å². The Morgan fingerprint density at radius 3 is 2.26 bits per heavy atom. The topological polar surface area (TPSA) is 16.8 Å². The van der Waals surface area contributed by atoms with Gasteiger partial charge in [-0.05, 0) is 68.7 Å². The number of nitrogens with zero attached hydrogens (tertiary/aromatic N) is 2. The van der Waals surface area contributed by atoms with Crippen LogP contribution in [0.2, 0.25) is 0 Å². The zero-order valence-corrected chi connectivity index (χ0v) is 16.7. The largest absolute Gasteiger partial charge is 0.261 e. The van der Waals surface area contributed by atoms with Crippen molar-refractivity contribution in [2.45, 2.75) is 27.7 Å². The quantitative estimate of drug-likeness (QED) is 0.427. The summed E-state index contributed by atoms with van der Waals surface area (Å²) in [4.78, 5) is 4.45. The molecule has 0 saturated heterocycles. The van der Waals surface area contributed by atoms with E-state index < -0.39 is 0 Å². The molecule has 134 valence electrons. The Balaban J connectivity index is 1.92. The van der Waals surface area contributed by atoms with E-state index in [1.807, 2.05) is 13.1 Å². The van der Waals surface area contributed by atoms with Gasteiger partial charge in [0, 0.05) is 40.5 Å². The Morgan fingerprint density at radius 2 is 1.52 bits per heavy atom. The summed E-state index contributed by atoms with van der Waals surface area (Å²) < 4.78 is 2.31. The molecule has 2 heterocycles. The van der Waals surface area contributed by atoms with Gasteiger partial charge in [0.25, 0.3) is 0 Å². The Labute approximate surface area is 161 Å². The van der Waals surface area contributed by atoms with Crippen molar-refractivity contribution in [2.24, 2.45) is 7.05 Å². The van der Waals surface area contributed by atoms with Gasteiger partial charge in [-0.1, -0.05) is 23.8 Å². The lowest BCUT2D eigenvalue weighted by atomic mass is 9.96. The number of pyridine rings is 2. The van der Waals surface area contributed by atoms with E-state index in [0.717, 1.165) is 11.3 Å². The molecule has 0 aliphatic rings. The number of aromatic nitrogens is 2. The molecule has 0 saturated carbocycles. The highest BCUT2D eigenvalue weighted by atomic mass is 14.9. The fraction of sp³-hybridized carbons (Fsp3) is 0.200. The van der Waals surface area contributed by atoms with E-state index in [9.17, 15) is 0 Å². The maximum atomic E-state index is 4.45. The van der Waals surface area contributed by atoms with Gasteiger partial charge in [-0.3, -0.25) is 4.98 Å². The number of hydrogen-bond donors (Lipinski definition) is 0. The summed E-state index contributed by atoms with van der Waals surface area (Å²) in [5.74, 6) is 0. The van der Waals surface area contributed by atoms with Crippen LogP contribution in [-0.4, -0.2) is 4.98 Å². The molecule has 0 N–H and O–H groups in total. The second kappa shape index (κ2) is 6.62. The average molecular weight is 353 g/mol. The number of fused-ring (bicyclic) bond motifs is 1. The smallest absolute Gasteiger partial charge is 0.213 e. The van der Waals surface area contributed by atoms with Crippen molar-refractivity contribution in [1.29, 1.82) is 0 Å². The second-order valence-electron chi connectivity index (χ2n) is 7.49. The van der Waals surface area contributed by atoms with Crippen LogP contribution in [0.4, 0.5) is 0 Å². The molecule has 0 fully saturated rings. The highest BCUT2D eigenvalue weighted by Crippen LogP contribution is 2.28. The number of hydrogen-bond acceptors (Lipinski definition) is 1. The maximum Gasteiger partial charge on any atom is 0.213 e. The van der Waals surface area contributed by atoms with Crippen LogP contribution in [0.15, 0.2) is 60.8 Å². The third-order valence-electron chi connectivity index (χ3n) is 5.51. The Bertz CT molecular complexity index is 1160. The van der Waals surface area contributed by atoms with Crippen LogP contribution < -0.4 is 4.57 Å². The highest BCUT2D eigenvalue weighted by Gasteiger charge is 2.17. The lowest BCUT2D eigenvalue weighted by Crippen LogP contribution is -2.32. The average Bonchev–Trinajstić information content (AvgIpc) is 2.66. The van der Waals surface area contributed by atoms with Gasteiger partial charge < -0.3 is 0 Å². The van der Waals surface area contributed by atoms with E-state index >= 15 is 0 Å². The molecule has 2 nitrogen and oxygen atoms in total. The minimum absolute atomic E-state index is 1.04. The van der Waals surface area contributed by atoms with Gasteiger partial charge >= 0.3 is 0 Å². The molecule has 0 amide bonds. The molecule has 2 aromatic carbocycles. The van der Waals surface area contributed by atoms with E-state index in [-0.39, 0.29) is 0 Å². The SMILES string of the molecule is Cc1cc(C)c(C)c(-c2ccc3ccc(-c4ccc(C)nc4)cc3[n+]2C)c1. The number of aryl methyl sites for hydroxylation is 4. The molecular formula is C25H25N2+. The van der Waals surface area contributed by atoms with Gasteiger partial charge in [0.1, 0.15) is 7.05 Å². The molecular weight excluding hydrogens is 328 g/mol. The van der Waals surface area contributed by atoms with Crippen molar-refractivity contribution in [2.75, 3.05) is 0 Å². The summed E-state index contributed by atoms with van der Waals surface area (Å²) in [6, 6.07) is 19.8. The van der Waals surface area contributed by atoms with Gasteiger partial charge in [0.05, 0.1) is 0 Å². The van der Waals surface area contributed by atoms with Crippen LogP contribution in [0, 0.1) is 27.7 Å². The molecule has 0 spiro atoms. The minimum Gasteiger partial charge on any atom is -0.261 e. The molecule has 2 aromatic heterocycles. The molecule has 4 aromatic rings. The summed E-state index contributed by atoms with van der Waals surface area (Å²) in [5, 5.41) is 1.24. The summed E-state index contributed by atoms with van der Waals surface area (Å²) in [6.07, 6.45) is 1.95. The van der Waals surface area contributed by atoms with Crippen molar-refractivity contribution < 1.29 is 4.57 Å². The minimum atomic E-state index is 1.04. The molecule has 4 rings (SSSR count). The third kappa shape index (κ3) is 3.12. The monoisotopic (exact) mass is 353 g/mol. The fourth-order valence-electron chi connectivity index (χ4n) is 3.78. The fourth-order valence-corrected chi connectivity index (χ4v) is 3.78. The van der Waals surface area contributed by atoms with E-state index in [1.54, 1.807) is 0 Å². The normalized spacial score (nSPS) is 11.1. The van der Waals surface area contributed by atoms with Crippen LogP contribution >= 0.6 is 0 Å². The Morgan fingerprint density at radius 1 is 0.778 bits per heavy atom. The van der Waals surface area contributed by atoms with Crippen molar-refractivity contribution in [3.63, 3.8) is 0 Å². The van der Waals surface area contributed by atoms with Crippen LogP contribution in [0.5, 0.6) is 0 Å². The first kappa shape index (κ1) is 17.4. The molecule has 0 aliphatic carbocycles. The van der Waals surface area contributed by atoms with Crippen molar-refractivity contribution in [3.05, 3.63) is 83.2 Å². The van der Waals surface area contributed by atoms with Crippen LogP contribution in [-0.2, 0) is 7.05 Å². The highest BCUT2D eigenvalue weighted by molar-refractivity contribution is 5.83. The predicted octanol–water partition coefficient (Wildman–Crippen LogP) is 5.63. The first-order valence-corrected chi connectivity index (χ1v) is 9.38. The Hall–Kier alpha value is -3.00. The number of benzene rings is 2. The maximum absolute atomic E-state index is 4.45. The second-order valence-corrected chi connectivity index (χ2v) is 7.49. The molecule has 27 heavy (non-hydrogen) atoms. The van der Waals surface area contributed by atoms with Crippen LogP contribution in [0.1, 0.15) is 22.4 Å². The lowest BCUT2D eigenvalue weighted by Gasteiger charge is -2.11. The summed E-state index contributed by atoms with van der Waals surface area (Å²) in [7, 11) is 2.16. The number of rotatable bonds is 2. The van der Waals surface area contributed by atoms with Gasteiger partial charge in [0.2, 0.25) is 11.2 Å². The zero-order chi connectivity index (χ0) is 19.1. The first-order valence-electron chi connectivity index (χ1n) is 9.38. The van der Waals surface area contributed by atoms with Gasteiger partial charge in [-0.15, -0.1) is 0 Å². The third-order valence-corrected chi connectivity index (χ3v) is 5.51. The lowest BCUT2D eigenvalue weighted by molar-refractivity contribution is -0.633. The zero-order valence-electron chi connectivity index (χ0n) is 16.7. The summed E-state index contributed by atoms with van der Waals surface area (Å²) in [5.41, 5.74) is 11.1. The summed E-state index contributed by atoms with van der Waals surface area (Å²) in [6.45, 7) is 8.58. The van der Waals surface area contributed by atoms with Gasteiger partial charge in [-0.25, -0.2) is 0 Å². The standard InChI is InChI=1S/C25H25N2/c1-16-12-17(2)19(4)23(13-16)24-11-10-20-8-9-21(14-25(20)27(24)5)22-7-6-18(3)26-15-22/h6-15H,1-5H3/q+1. The Kier molecular flexibility index (Phi) is 4.27. The van der Waals surface area contributed by atoms with Gasteiger partial charge in [-0.2, -0.15) is 4.57 Å². The van der Waals surface area contributed by atoms with E-state index in [2.05, 4.69) is 92.0 Å². The van der Waals surface area contributed by atoms with Crippen molar-refractivity contribution in [3.8, 4) is 22.4 Å². The van der Waals surface area contributed by atoms with E-state index in [0.29, 0.717) is 0 Å². The molecule has 0 aliphatic heterocycles. The van der Waals surface area contributed by atoms with Crippen LogP contribution in [0.25, 0.3) is 33.3 Å². The molecule has 0 atom stereocenters. The van der Waals surface area contributed by atoms with Crippen molar-refractivity contribution >= 4 is 10.9 Å². The molecule has 2 heteroatoms. The van der Waals surface area contributed by atoms with Crippen molar-refractivity contribution in [1.82, 2.24) is 4.98 Å². The molecule has 0 radical (unpaired) electrons. The summed E-state index contributed by atoms with van der Waals surface area (Å²) >= 11 is 0. The molecule has 0 unspecified atom stereocenters. The molecule has 0 bridgehead atoms. The van der Waals surface area contributed by atoms with Crippen LogP contribution in [0.3, 0.4) is 0 Å². The first-order chi connectivity index (χ1) is 12.9. The predicted molar refractivity (Wildman–Crippen MR) is 113 cm³/mol. The van der Waals surface area contributed by atoms with E-state index in [1.165, 1.54) is 44.4 Å². The van der Waals surface area contributed by atoms with E-state index in [4.69, 9.17) is 0 Å².